The van der Waals surface area contributed by atoms with Crippen LogP contribution in [0.2, 0.25) is 0 Å². The molecule has 2 heterocycles. The summed E-state index contributed by atoms with van der Waals surface area (Å²) < 4.78 is 4.98. The Labute approximate surface area is 208 Å². The molecule has 1 fully saturated rings. The highest BCUT2D eigenvalue weighted by Crippen LogP contribution is 2.30. The summed E-state index contributed by atoms with van der Waals surface area (Å²) in [4.78, 5) is 42.0. The van der Waals surface area contributed by atoms with Gasteiger partial charge in [0.05, 0.1) is 17.9 Å². The second kappa shape index (κ2) is 10.2. The number of carbonyl (C=O) groups is 3. The van der Waals surface area contributed by atoms with Crippen LogP contribution in [0.3, 0.4) is 0 Å². The van der Waals surface area contributed by atoms with Crippen molar-refractivity contribution in [3.8, 4) is 0 Å². The third-order valence-electron chi connectivity index (χ3n) is 6.07. The van der Waals surface area contributed by atoms with E-state index in [1.165, 1.54) is 17.3 Å². The largest absolute Gasteiger partial charge is 0.448 e. The number of fused-ring (bicyclic) bond motifs is 1. The lowest BCUT2D eigenvalue weighted by atomic mass is 10.1. The molecular formula is C27H25N3O4S. The first-order chi connectivity index (χ1) is 17.1. The fraction of sp³-hybridized carbons (Fsp3) is 0.222. The van der Waals surface area contributed by atoms with E-state index in [-0.39, 0.29) is 23.7 Å². The maximum Gasteiger partial charge on any atom is 0.410 e. The lowest BCUT2D eigenvalue weighted by molar-refractivity contribution is -0.116. The number of cyclic esters (lactones) is 1. The van der Waals surface area contributed by atoms with E-state index in [1.807, 2.05) is 65.6 Å². The van der Waals surface area contributed by atoms with Crippen LogP contribution in [-0.4, -0.2) is 48.3 Å². The summed E-state index contributed by atoms with van der Waals surface area (Å²) in [5.41, 5.74) is 4.23. The maximum atomic E-state index is 13.1. The van der Waals surface area contributed by atoms with E-state index in [4.69, 9.17) is 4.74 Å². The third kappa shape index (κ3) is 5.17. The zero-order chi connectivity index (χ0) is 24.2. The molecule has 8 heteroatoms. The van der Waals surface area contributed by atoms with E-state index in [0.717, 1.165) is 22.6 Å². The summed E-state index contributed by atoms with van der Waals surface area (Å²) in [5, 5.41) is 2.95. The Kier molecular flexibility index (Phi) is 6.72. The highest BCUT2D eigenvalue weighted by molar-refractivity contribution is 8.00. The number of amides is 3. The summed E-state index contributed by atoms with van der Waals surface area (Å²) in [7, 11) is 0. The van der Waals surface area contributed by atoms with Gasteiger partial charge in [-0.3, -0.25) is 9.59 Å². The van der Waals surface area contributed by atoms with Gasteiger partial charge >= 0.3 is 6.09 Å². The van der Waals surface area contributed by atoms with Crippen molar-refractivity contribution in [1.29, 1.82) is 0 Å². The number of nitrogens with zero attached hydrogens (tertiary/aromatic N) is 2. The number of anilines is 2. The molecule has 0 radical (unpaired) electrons. The molecule has 3 amide bonds. The number of para-hydroxylation sites is 1. The van der Waals surface area contributed by atoms with Crippen LogP contribution < -0.4 is 10.2 Å². The molecule has 3 aromatic carbocycles. The van der Waals surface area contributed by atoms with Gasteiger partial charge in [0.2, 0.25) is 5.91 Å². The average molecular weight is 488 g/mol. The fourth-order valence-corrected chi connectivity index (χ4v) is 5.26. The normalized spacial score (nSPS) is 14.6. The summed E-state index contributed by atoms with van der Waals surface area (Å²) in [6.07, 6.45) is 0.543. The van der Waals surface area contributed by atoms with Gasteiger partial charge < -0.3 is 19.9 Å². The summed E-state index contributed by atoms with van der Waals surface area (Å²) in [5.74, 6) is 0.0353. The summed E-state index contributed by atoms with van der Waals surface area (Å²) >= 11 is 1.37. The van der Waals surface area contributed by atoms with Crippen molar-refractivity contribution in [2.45, 2.75) is 17.9 Å². The first kappa shape index (κ1) is 23.0. The molecule has 3 aromatic rings. The minimum absolute atomic E-state index is 0.0308. The monoisotopic (exact) mass is 487 g/mol. The minimum atomic E-state index is -0.322. The molecule has 1 saturated heterocycles. The molecule has 178 valence electrons. The Balaban J connectivity index is 1.24. The number of nitrogens with one attached hydrogen (secondary N) is 1. The van der Waals surface area contributed by atoms with Crippen LogP contribution in [0.1, 0.15) is 21.5 Å². The Bertz CT molecular complexity index is 1280. The number of hydrogen-bond donors (Lipinski definition) is 1. The van der Waals surface area contributed by atoms with E-state index >= 15 is 0 Å². The molecule has 0 bridgehead atoms. The number of benzene rings is 3. The van der Waals surface area contributed by atoms with Gasteiger partial charge in [-0.2, -0.15) is 0 Å². The van der Waals surface area contributed by atoms with E-state index in [1.54, 1.807) is 11.0 Å². The first-order valence-electron chi connectivity index (χ1n) is 11.5. The second-order valence-corrected chi connectivity index (χ2v) is 9.42. The van der Waals surface area contributed by atoms with E-state index in [9.17, 15) is 14.4 Å². The van der Waals surface area contributed by atoms with Crippen molar-refractivity contribution in [2.24, 2.45) is 0 Å². The molecule has 7 nitrogen and oxygen atoms in total. The van der Waals surface area contributed by atoms with Crippen LogP contribution in [0, 0.1) is 0 Å². The lowest BCUT2D eigenvalue weighted by Gasteiger charge is -2.17. The van der Waals surface area contributed by atoms with Gasteiger partial charge in [0.1, 0.15) is 6.61 Å². The lowest BCUT2D eigenvalue weighted by Crippen LogP contribution is -2.30. The quantitative estimate of drug-likeness (QED) is 0.494. The van der Waals surface area contributed by atoms with Gasteiger partial charge in [-0.15, -0.1) is 11.8 Å². The molecular weight excluding hydrogens is 462 g/mol. The van der Waals surface area contributed by atoms with Gasteiger partial charge in [-0.25, -0.2) is 4.79 Å². The molecule has 0 spiro atoms. The zero-order valence-electron chi connectivity index (χ0n) is 19.1. The predicted octanol–water partition coefficient (Wildman–Crippen LogP) is 4.57. The Morgan fingerprint density at radius 1 is 0.971 bits per heavy atom. The topological polar surface area (TPSA) is 79.0 Å². The molecule has 0 aliphatic carbocycles. The standard InChI is InChI=1S/C27H25N3O4S/c31-25(30-13-12-20-7-1-3-10-23(20)30)18-35-24-11-4-2-9-22(24)26(32)28-21-8-5-6-19(16-21)17-29-14-15-34-27(29)33/h1-11,16H,12-15,17-18H2,(H,28,32). The Morgan fingerprint density at radius 2 is 1.80 bits per heavy atom. The van der Waals surface area contributed by atoms with Gasteiger partial charge in [0, 0.05) is 29.4 Å². The molecule has 35 heavy (non-hydrogen) atoms. The Hall–Kier alpha value is -3.78. The maximum absolute atomic E-state index is 13.1. The van der Waals surface area contributed by atoms with Crippen molar-refractivity contribution in [3.63, 3.8) is 0 Å². The van der Waals surface area contributed by atoms with Gasteiger partial charge in [0.15, 0.2) is 0 Å². The van der Waals surface area contributed by atoms with Crippen molar-refractivity contribution in [1.82, 2.24) is 4.90 Å². The van der Waals surface area contributed by atoms with Crippen molar-refractivity contribution in [2.75, 3.05) is 35.7 Å². The van der Waals surface area contributed by atoms with Crippen molar-refractivity contribution in [3.05, 3.63) is 89.5 Å². The van der Waals surface area contributed by atoms with Crippen molar-refractivity contribution >= 4 is 41.0 Å². The number of ether oxygens (including phenoxy) is 1. The molecule has 0 saturated carbocycles. The van der Waals surface area contributed by atoms with E-state index < -0.39 is 0 Å². The van der Waals surface area contributed by atoms with Crippen LogP contribution >= 0.6 is 11.8 Å². The third-order valence-corrected chi connectivity index (χ3v) is 7.13. The smallest absolute Gasteiger partial charge is 0.410 e. The first-order valence-corrected chi connectivity index (χ1v) is 12.5. The molecule has 0 aromatic heterocycles. The zero-order valence-corrected chi connectivity index (χ0v) is 19.9. The average Bonchev–Trinajstić information content (AvgIpc) is 3.49. The van der Waals surface area contributed by atoms with E-state index in [2.05, 4.69) is 11.4 Å². The molecule has 0 atom stereocenters. The number of rotatable bonds is 7. The summed E-state index contributed by atoms with van der Waals surface area (Å²) in [6, 6.07) is 22.7. The minimum Gasteiger partial charge on any atom is -0.448 e. The second-order valence-electron chi connectivity index (χ2n) is 8.40. The Morgan fingerprint density at radius 3 is 2.66 bits per heavy atom. The molecule has 1 N–H and O–H groups in total. The summed E-state index contributed by atoms with van der Waals surface area (Å²) in [6.45, 7) is 2.07. The van der Waals surface area contributed by atoms with Gasteiger partial charge in [-0.05, 0) is 47.9 Å². The van der Waals surface area contributed by atoms with Crippen LogP contribution in [0.25, 0.3) is 0 Å². The highest BCUT2D eigenvalue weighted by atomic mass is 32.2. The number of thioether (sulfide) groups is 1. The SMILES string of the molecule is O=C(Nc1cccc(CN2CCOC2=O)c1)c1ccccc1SCC(=O)N1CCc2ccccc21. The van der Waals surface area contributed by atoms with Gasteiger partial charge in [-0.1, -0.05) is 42.5 Å². The number of carbonyl (C=O) groups excluding carboxylic acids is 3. The van der Waals surface area contributed by atoms with Gasteiger partial charge in [0.25, 0.3) is 5.91 Å². The van der Waals surface area contributed by atoms with Crippen LogP contribution in [0.5, 0.6) is 0 Å². The van der Waals surface area contributed by atoms with E-state index in [0.29, 0.717) is 37.5 Å². The van der Waals surface area contributed by atoms with Crippen molar-refractivity contribution < 1.29 is 19.1 Å². The molecule has 2 aliphatic rings. The molecule has 0 unspecified atom stereocenters. The van der Waals surface area contributed by atoms with Crippen LogP contribution in [-0.2, 0) is 22.5 Å². The van der Waals surface area contributed by atoms with Crippen LogP contribution in [0.4, 0.5) is 16.2 Å². The number of hydrogen-bond acceptors (Lipinski definition) is 5. The fourth-order valence-electron chi connectivity index (χ4n) is 4.33. The predicted molar refractivity (Wildman–Crippen MR) is 136 cm³/mol. The van der Waals surface area contributed by atoms with Crippen LogP contribution in [0.15, 0.2) is 77.7 Å². The molecule has 5 rings (SSSR count). The highest BCUT2D eigenvalue weighted by Gasteiger charge is 2.25. The molecule has 2 aliphatic heterocycles.